The summed E-state index contributed by atoms with van der Waals surface area (Å²) in [6.45, 7) is 4.80. The fraction of sp³-hybridized carbons (Fsp3) is 0.667. The third kappa shape index (κ3) is 6.83. The van der Waals surface area contributed by atoms with Crippen LogP contribution in [0.25, 0.3) is 0 Å². The molecule has 2 heterocycles. The lowest BCUT2D eigenvalue weighted by Gasteiger charge is -2.25. The van der Waals surface area contributed by atoms with Crippen molar-refractivity contribution >= 4 is 11.6 Å². The van der Waals surface area contributed by atoms with E-state index in [9.17, 15) is 0 Å². The van der Waals surface area contributed by atoms with Gasteiger partial charge in [0.1, 0.15) is 12.2 Å². The topological polar surface area (TPSA) is 75.6 Å². The largest absolute Gasteiger partial charge is 0.493 e. The Hall–Kier alpha value is -1.35. The van der Waals surface area contributed by atoms with Crippen LogP contribution in [0.15, 0.2) is 29.3 Å². The van der Waals surface area contributed by atoms with E-state index in [4.69, 9.17) is 45.1 Å². The van der Waals surface area contributed by atoms with Gasteiger partial charge in [-0.15, -0.1) is 0 Å². The van der Waals surface area contributed by atoms with Gasteiger partial charge in [-0.2, -0.15) is 0 Å². The Bertz CT molecular complexity index is 767. The highest BCUT2D eigenvalue weighted by Gasteiger charge is 2.46. The van der Waals surface area contributed by atoms with E-state index in [2.05, 4.69) is 0 Å². The van der Waals surface area contributed by atoms with Gasteiger partial charge >= 0.3 is 0 Å². The molecule has 0 aliphatic carbocycles. The maximum absolute atomic E-state index is 8.96. The highest BCUT2D eigenvalue weighted by atomic mass is 35.5. The molecule has 1 aromatic carbocycles. The van der Waals surface area contributed by atoms with Crippen molar-refractivity contribution in [3.05, 3.63) is 34.9 Å². The number of rotatable bonds is 11. The fourth-order valence-corrected chi connectivity index (χ4v) is 4.33. The molecule has 1 aromatic rings. The second kappa shape index (κ2) is 11.7. The van der Waals surface area contributed by atoms with E-state index in [0.717, 1.165) is 23.4 Å². The number of hydrogen-bond acceptors (Lipinski definition) is 7. The van der Waals surface area contributed by atoms with Crippen LogP contribution in [0, 0.1) is 0 Å². The number of methoxy groups -OCH3 is 2. The molecule has 2 fully saturated rings. The minimum absolute atomic E-state index is 0.0130. The average Bonchev–Trinajstić information content (AvgIpc) is 3.36. The van der Waals surface area contributed by atoms with Crippen molar-refractivity contribution in [2.24, 2.45) is 0 Å². The molecule has 3 rings (SSSR count). The van der Waals surface area contributed by atoms with Gasteiger partial charge in [0.25, 0.3) is 0 Å². The molecule has 1 N–H and O–H groups in total. The molecular weight excluding hydrogens is 436 g/mol. The molecule has 8 heteroatoms. The van der Waals surface area contributed by atoms with Gasteiger partial charge in [0.2, 0.25) is 0 Å². The lowest BCUT2D eigenvalue weighted by atomic mass is 10.0. The second-order valence-corrected chi connectivity index (χ2v) is 9.05. The standard InChI is InChI=1S/C24H35ClO7/c1-24(2)30-15-22(32-24)23-21(13-18(31-23)9-8-17(25)6-5-11-26)29-14-16-7-10-19(27-3)20(12-16)28-4/h6-7,10,12,18,21-23,26H,5,8-9,11,13-15H2,1-4H3/b17-6-/t18-,21-,22-,23+/m1/s1. The minimum atomic E-state index is -0.629. The monoisotopic (exact) mass is 470 g/mol. The van der Waals surface area contributed by atoms with Crippen molar-refractivity contribution in [1.29, 1.82) is 0 Å². The van der Waals surface area contributed by atoms with Crippen molar-refractivity contribution in [2.75, 3.05) is 27.4 Å². The molecule has 180 valence electrons. The van der Waals surface area contributed by atoms with Crippen molar-refractivity contribution in [3.63, 3.8) is 0 Å². The van der Waals surface area contributed by atoms with Crippen LogP contribution in [0.1, 0.15) is 45.1 Å². The van der Waals surface area contributed by atoms with Crippen molar-refractivity contribution in [1.82, 2.24) is 0 Å². The highest BCUT2D eigenvalue weighted by Crippen LogP contribution is 2.36. The van der Waals surface area contributed by atoms with Gasteiger partial charge in [0.15, 0.2) is 17.3 Å². The zero-order valence-electron chi connectivity index (χ0n) is 19.3. The lowest BCUT2D eigenvalue weighted by Crippen LogP contribution is -2.38. The number of aliphatic hydroxyl groups is 1. The molecule has 4 atom stereocenters. The molecule has 0 unspecified atom stereocenters. The normalized spacial score (nSPS) is 27.6. The SMILES string of the molecule is COc1ccc(CO[C@@H]2C[C@@H](CC/C(Cl)=C/CCO)O[C@@H]2[C@H]2COC(C)(C)O2)cc1OC. The highest BCUT2D eigenvalue weighted by molar-refractivity contribution is 6.29. The number of ether oxygens (including phenoxy) is 6. The summed E-state index contributed by atoms with van der Waals surface area (Å²) >= 11 is 6.27. The van der Waals surface area contributed by atoms with Gasteiger partial charge in [-0.3, -0.25) is 0 Å². The van der Waals surface area contributed by atoms with Crippen molar-refractivity contribution in [3.8, 4) is 11.5 Å². The average molecular weight is 471 g/mol. The number of hydrogen-bond donors (Lipinski definition) is 1. The van der Waals surface area contributed by atoms with Crippen LogP contribution in [-0.4, -0.2) is 62.7 Å². The van der Waals surface area contributed by atoms with E-state index >= 15 is 0 Å². The summed E-state index contributed by atoms with van der Waals surface area (Å²) < 4.78 is 35.2. The van der Waals surface area contributed by atoms with Gasteiger partial charge in [0.05, 0.1) is 39.6 Å². The first-order chi connectivity index (χ1) is 15.3. The molecular formula is C24H35ClO7. The molecule has 7 nitrogen and oxygen atoms in total. The number of allylic oxidation sites excluding steroid dienone is 1. The molecule has 32 heavy (non-hydrogen) atoms. The van der Waals surface area contributed by atoms with E-state index in [1.54, 1.807) is 14.2 Å². The van der Waals surface area contributed by atoms with Gasteiger partial charge in [-0.05, 0) is 50.8 Å². The van der Waals surface area contributed by atoms with Gasteiger partial charge in [-0.1, -0.05) is 23.7 Å². The molecule has 0 saturated carbocycles. The maximum atomic E-state index is 8.96. The Balaban J connectivity index is 1.64. The zero-order chi connectivity index (χ0) is 23.1. The Morgan fingerprint density at radius 3 is 2.69 bits per heavy atom. The van der Waals surface area contributed by atoms with E-state index in [1.807, 2.05) is 38.1 Å². The minimum Gasteiger partial charge on any atom is -0.493 e. The summed E-state index contributed by atoms with van der Waals surface area (Å²) in [5.74, 6) is 0.726. The van der Waals surface area contributed by atoms with Crippen LogP contribution in [0.3, 0.4) is 0 Å². The van der Waals surface area contributed by atoms with Crippen LogP contribution < -0.4 is 9.47 Å². The molecule has 0 bridgehead atoms. The van der Waals surface area contributed by atoms with Gasteiger partial charge in [-0.25, -0.2) is 0 Å². The van der Waals surface area contributed by atoms with Crippen LogP contribution in [0.5, 0.6) is 11.5 Å². The molecule has 0 spiro atoms. The molecule has 2 aliphatic heterocycles. The third-order valence-electron chi connectivity index (χ3n) is 5.72. The first-order valence-corrected chi connectivity index (χ1v) is 11.5. The number of aliphatic hydroxyl groups excluding tert-OH is 1. The number of benzene rings is 1. The summed E-state index contributed by atoms with van der Waals surface area (Å²) in [5, 5.41) is 9.70. The fourth-order valence-electron chi connectivity index (χ4n) is 4.11. The van der Waals surface area contributed by atoms with Gasteiger partial charge in [0, 0.05) is 18.1 Å². The smallest absolute Gasteiger partial charge is 0.163 e. The predicted octanol–water partition coefficient (Wildman–Crippen LogP) is 4.18. The third-order valence-corrected chi connectivity index (χ3v) is 6.06. The maximum Gasteiger partial charge on any atom is 0.163 e. The van der Waals surface area contributed by atoms with Crippen LogP contribution in [-0.2, 0) is 25.6 Å². The predicted molar refractivity (Wildman–Crippen MR) is 121 cm³/mol. The first kappa shape index (κ1) is 25.3. The van der Waals surface area contributed by atoms with Gasteiger partial charge < -0.3 is 33.5 Å². The van der Waals surface area contributed by atoms with Crippen LogP contribution >= 0.6 is 11.6 Å². The molecule has 2 saturated heterocycles. The zero-order valence-corrected chi connectivity index (χ0v) is 20.1. The Morgan fingerprint density at radius 2 is 2.03 bits per heavy atom. The van der Waals surface area contributed by atoms with E-state index in [-0.39, 0.29) is 31.0 Å². The summed E-state index contributed by atoms with van der Waals surface area (Å²) in [7, 11) is 3.23. The Kier molecular flexibility index (Phi) is 9.22. The van der Waals surface area contributed by atoms with Crippen LogP contribution in [0.4, 0.5) is 0 Å². The van der Waals surface area contributed by atoms with E-state index in [1.165, 1.54) is 0 Å². The Morgan fingerprint density at radius 1 is 1.25 bits per heavy atom. The lowest BCUT2D eigenvalue weighted by molar-refractivity contribution is -0.164. The second-order valence-electron chi connectivity index (χ2n) is 8.57. The number of halogens is 1. The first-order valence-electron chi connectivity index (χ1n) is 11.1. The van der Waals surface area contributed by atoms with E-state index < -0.39 is 5.79 Å². The summed E-state index contributed by atoms with van der Waals surface area (Å²) in [6, 6.07) is 5.76. The van der Waals surface area contributed by atoms with Crippen molar-refractivity contribution in [2.45, 2.75) is 76.3 Å². The Labute approximate surface area is 195 Å². The molecule has 0 radical (unpaired) electrons. The molecule has 0 amide bonds. The van der Waals surface area contributed by atoms with E-state index in [0.29, 0.717) is 37.6 Å². The molecule has 0 aromatic heterocycles. The summed E-state index contributed by atoms with van der Waals surface area (Å²) in [5.41, 5.74) is 0.990. The van der Waals surface area contributed by atoms with Crippen molar-refractivity contribution < 1.29 is 33.5 Å². The molecule has 2 aliphatic rings. The van der Waals surface area contributed by atoms with Crippen LogP contribution in [0.2, 0.25) is 0 Å². The quantitative estimate of drug-likeness (QED) is 0.519. The summed E-state index contributed by atoms with van der Waals surface area (Å²) in [6.07, 6.45) is 4.13. The summed E-state index contributed by atoms with van der Waals surface area (Å²) in [4.78, 5) is 0.